The summed E-state index contributed by atoms with van der Waals surface area (Å²) in [6.45, 7) is 1.40. The van der Waals surface area contributed by atoms with E-state index in [1.54, 1.807) is 12.1 Å². The number of nitrogens with zero attached hydrogens (tertiary/aromatic N) is 3. The number of aryl methyl sites for hydroxylation is 1. The van der Waals surface area contributed by atoms with Gasteiger partial charge < -0.3 is 9.84 Å². The summed E-state index contributed by atoms with van der Waals surface area (Å²) in [6.07, 6.45) is 1.34. The fourth-order valence-electron chi connectivity index (χ4n) is 2.41. The number of thioether (sulfide) groups is 1. The molecule has 0 spiro atoms. The highest BCUT2D eigenvalue weighted by Gasteiger charge is 2.11. The SMILES string of the molecule is Cc1cc(SCn2ncn(-c3cc(F)ccc3Br)c2=O)ccc1OCC(=O)O. The summed E-state index contributed by atoms with van der Waals surface area (Å²) >= 11 is 4.69. The van der Waals surface area contributed by atoms with Crippen molar-refractivity contribution in [3.8, 4) is 11.4 Å². The van der Waals surface area contributed by atoms with E-state index in [0.29, 0.717) is 15.9 Å². The van der Waals surface area contributed by atoms with Gasteiger partial charge in [0.05, 0.1) is 11.6 Å². The van der Waals surface area contributed by atoms with E-state index in [4.69, 9.17) is 9.84 Å². The van der Waals surface area contributed by atoms with Crippen LogP contribution in [0.5, 0.6) is 5.75 Å². The summed E-state index contributed by atoms with van der Waals surface area (Å²) in [7, 11) is 0. The number of rotatable bonds is 7. The topological polar surface area (TPSA) is 86.4 Å². The molecule has 0 fully saturated rings. The van der Waals surface area contributed by atoms with Crippen LogP contribution in [0.15, 0.2) is 56.9 Å². The second kappa shape index (κ2) is 8.61. The number of carboxylic acids is 1. The highest BCUT2D eigenvalue weighted by molar-refractivity contribution is 9.10. The maximum atomic E-state index is 13.5. The molecule has 0 aliphatic carbocycles. The maximum absolute atomic E-state index is 13.5. The normalized spacial score (nSPS) is 10.8. The van der Waals surface area contributed by atoms with Crippen molar-refractivity contribution < 1.29 is 19.0 Å². The third-order valence-electron chi connectivity index (χ3n) is 3.75. The van der Waals surface area contributed by atoms with E-state index in [9.17, 15) is 14.0 Å². The molecule has 10 heteroatoms. The van der Waals surface area contributed by atoms with E-state index >= 15 is 0 Å². The fourth-order valence-corrected chi connectivity index (χ4v) is 3.72. The Hall–Kier alpha value is -2.59. The summed E-state index contributed by atoms with van der Waals surface area (Å²) in [6, 6.07) is 9.38. The van der Waals surface area contributed by atoms with Crippen molar-refractivity contribution >= 4 is 33.7 Å². The average Bonchev–Trinajstić information content (AvgIpc) is 3.01. The Morgan fingerprint density at radius 2 is 2.11 bits per heavy atom. The van der Waals surface area contributed by atoms with Crippen LogP contribution in [0.4, 0.5) is 4.39 Å². The third-order valence-corrected chi connectivity index (χ3v) is 5.38. The zero-order valence-electron chi connectivity index (χ0n) is 14.6. The highest BCUT2D eigenvalue weighted by atomic mass is 79.9. The van der Waals surface area contributed by atoms with Crippen molar-refractivity contribution in [2.45, 2.75) is 17.7 Å². The Balaban J connectivity index is 1.73. The molecule has 1 N–H and O–H groups in total. The average molecular weight is 468 g/mol. The second-order valence-electron chi connectivity index (χ2n) is 5.76. The van der Waals surface area contributed by atoms with Crippen LogP contribution in [-0.4, -0.2) is 32.0 Å². The first-order valence-corrected chi connectivity index (χ1v) is 9.81. The smallest absolute Gasteiger partial charge is 0.351 e. The van der Waals surface area contributed by atoms with Crippen LogP contribution < -0.4 is 10.4 Å². The molecule has 0 bridgehead atoms. The number of ether oxygens (including phenoxy) is 1. The lowest BCUT2D eigenvalue weighted by Crippen LogP contribution is -2.23. The van der Waals surface area contributed by atoms with Crippen molar-refractivity contribution in [3.05, 3.63) is 69.1 Å². The first kappa shape index (κ1) is 20.2. The molecule has 0 unspecified atom stereocenters. The molecule has 28 heavy (non-hydrogen) atoms. The Kier molecular flexibility index (Phi) is 6.20. The number of benzene rings is 2. The molecule has 0 amide bonds. The lowest BCUT2D eigenvalue weighted by molar-refractivity contribution is -0.139. The van der Waals surface area contributed by atoms with Gasteiger partial charge in [0.25, 0.3) is 0 Å². The first-order chi connectivity index (χ1) is 13.3. The number of carboxylic acid groups (broad SMARTS) is 1. The van der Waals surface area contributed by atoms with E-state index in [-0.39, 0.29) is 5.88 Å². The first-order valence-electron chi connectivity index (χ1n) is 8.03. The van der Waals surface area contributed by atoms with Gasteiger partial charge in [-0.15, -0.1) is 11.8 Å². The molecule has 1 heterocycles. The standard InChI is InChI=1S/C18H15BrFN3O4S/c1-11-6-13(3-5-16(11)27-8-17(24)25)28-10-23-18(26)22(9-21-23)15-7-12(20)2-4-14(15)19/h2-7,9H,8,10H2,1H3,(H,24,25). The Morgan fingerprint density at radius 1 is 1.32 bits per heavy atom. The van der Waals surface area contributed by atoms with Crippen molar-refractivity contribution in [1.82, 2.24) is 14.3 Å². The van der Waals surface area contributed by atoms with Crippen molar-refractivity contribution in [2.24, 2.45) is 0 Å². The fraction of sp³-hybridized carbons (Fsp3) is 0.167. The molecule has 0 aliphatic heterocycles. The van der Waals surface area contributed by atoms with Gasteiger partial charge in [-0.3, -0.25) is 0 Å². The summed E-state index contributed by atoms with van der Waals surface area (Å²) in [5.74, 6) is -0.747. The molecule has 7 nitrogen and oxygen atoms in total. The predicted molar refractivity (Wildman–Crippen MR) is 106 cm³/mol. The van der Waals surface area contributed by atoms with Crippen LogP contribution in [0.25, 0.3) is 5.69 Å². The van der Waals surface area contributed by atoms with Crippen LogP contribution in [-0.2, 0) is 10.7 Å². The molecule has 3 rings (SSSR count). The van der Waals surface area contributed by atoms with Crippen LogP contribution in [0, 0.1) is 12.7 Å². The predicted octanol–water partition coefficient (Wildman–Crippen LogP) is 3.46. The zero-order valence-corrected chi connectivity index (χ0v) is 17.0. The number of carbonyl (C=O) groups is 1. The molecule has 1 aromatic heterocycles. The molecule has 0 aliphatic rings. The lowest BCUT2D eigenvalue weighted by atomic mass is 10.2. The minimum Gasteiger partial charge on any atom is -0.482 e. The van der Waals surface area contributed by atoms with Gasteiger partial charge in [0.2, 0.25) is 0 Å². The second-order valence-corrected chi connectivity index (χ2v) is 7.63. The van der Waals surface area contributed by atoms with Gasteiger partial charge in [0.15, 0.2) is 6.61 Å². The minimum absolute atomic E-state index is 0.257. The Morgan fingerprint density at radius 3 is 2.82 bits per heavy atom. The molecule has 0 radical (unpaired) electrons. The van der Waals surface area contributed by atoms with Gasteiger partial charge in [0, 0.05) is 9.37 Å². The quantitative estimate of drug-likeness (QED) is 0.535. The van der Waals surface area contributed by atoms with E-state index in [1.165, 1.54) is 45.5 Å². The monoisotopic (exact) mass is 467 g/mol. The van der Waals surface area contributed by atoms with Gasteiger partial charge in [-0.2, -0.15) is 5.10 Å². The summed E-state index contributed by atoms with van der Waals surface area (Å²) in [5.41, 5.74) is 0.766. The Bertz CT molecular complexity index is 1080. The third kappa shape index (κ3) is 4.63. The molecular formula is C18H15BrFN3O4S. The van der Waals surface area contributed by atoms with Crippen LogP contribution >= 0.6 is 27.7 Å². The molecule has 3 aromatic rings. The van der Waals surface area contributed by atoms with Crippen LogP contribution in [0.1, 0.15) is 5.56 Å². The van der Waals surface area contributed by atoms with Crippen LogP contribution in [0.2, 0.25) is 0 Å². The van der Waals surface area contributed by atoms with E-state index in [0.717, 1.165) is 10.5 Å². The molecule has 0 atom stereocenters. The number of halogens is 2. The van der Waals surface area contributed by atoms with E-state index < -0.39 is 24.1 Å². The lowest BCUT2D eigenvalue weighted by Gasteiger charge is -2.09. The number of aliphatic carboxylic acids is 1. The Labute approximate surface area is 171 Å². The molecule has 146 valence electrons. The zero-order chi connectivity index (χ0) is 20.3. The maximum Gasteiger partial charge on any atom is 0.351 e. The van der Waals surface area contributed by atoms with Crippen LogP contribution in [0.3, 0.4) is 0 Å². The van der Waals surface area contributed by atoms with Crippen molar-refractivity contribution in [1.29, 1.82) is 0 Å². The molecular weight excluding hydrogens is 453 g/mol. The summed E-state index contributed by atoms with van der Waals surface area (Å²) in [5, 5.41) is 12.8. The summed E-state index contributed by atoms with van der Waals surface area (Å²) < 4.78 is 21.8. The van der Waals surface area contributed by atoms with Gasteiger partial charge in [0.1, 0.15) is 17.9 Å². The van der Waals surface area contributed by atoms with Gasteiger partial charge in [-0.1, -0.05) is 0 Å². The summed E-state index contributed by atoms with van der Waals surface area (Å²) in [4.78, 5) is 24.0. The van der Waals surface area contributed by atoms with Crippen molar-refractivity contribution in [2.75, 3.05) is 6.61 Å². The highest BCUT2D eigenvalue weighted by Crippen LogP contribution is 2.26. The number of aromatic nitrogens is 3. The molecule has 0 saturated carbocycles. The van der Waals surface area contributed by atoms with Gasteiger partial charge >= 0.3 is 11.7 Å². The largest absolute Gasteiger partial charge is 0.482 e. The number of hydrogen-bond acceptors (Lipinski definition) is 5. The molecule has 2 aromatic carbocycles. The minimum atomic E-state index is -1.04. The molecule has 0 saturated heterocycles. The number of hydrogen-bond donors (Lipinski definition) is 1. The van der Waals surface area contributed by atoms with E-state index in [2.05, 4.69) is 21.0 Å². The van der Waals surface area contributed by atoms with Gasteiger partial charge in [-0.05, 0) is 64.8 Å². The van der Waals surface area contributed by atoms with E-state index in [1.807, 2.05) is 13.0 Å². The van der Waals surface area contributed by atoms with Crippen molar-refractivity contribution in [3.63, 3.8) is 0 Å². The van der Waals surface area contributed by atoms with Gasteiger partial charge in [-0.25, -0.2) is 23.2 Å².